The van der Waals surface area contributed by atoms with E-state index in [-0.39, 0.29) is 35.0 Å². The molecule has 1 aliphatic carbocycles. The van der Waals surface area contributed by atoms with Crippen LogP contribution < -0.4 is 5.32 Å². The Kier molecular flexibility index (Phi) is 5.11. The summed E-state index contributed by atoms with van der Waals surface area (Å²) in [5.74, 6) is -0.869. The number of rotatable bonds is 6. The number of carbonyl (C=O) groups is 1. The van der Waals surface area contributed by atoms with E-state index in [1.165, 1.54) is 26.2 Å². The van der Waals surface area contributed by atoms with Crippen molar-refractivity contribution < 1.29 is 17.6 Å². The van der Waals surface area contributed by atoms with Crippen molar-refractivity contribution in [3.63, 3.8) is 0 Å². The van der Waals surface area contributed by atoms with Crippen LogP contribution in [0.1, 0.15) is 23.5 Å². The third kappa shape index (κ3) is 3.64. The largest absolute Gasteiger partial charge is 0.352 e. The summed E-state index contributed by atoms with van der Waals surface area (Å²) in [4.78, 5) is 12.5. The highest BCUT2D eigenvalue weighted by Crippen LogP contribution is 2.48. The van der Waals surface area contributed by atoms with Gasteiger partial charge in [0.2, 0.25) is 15.9 Å². The normalized spacial score (nSPS) is 19.4. The lowest BCUT2D eigenvalue weighted by atomic mass is 10.1. The molecule has 1 saturated carbocycles. The van der Waals surface area contributed by atoms with E-state index in [0.29, 0.717) is 17.5 Å². The number of halogens is 1. The lowest BCUT2D eigenvalue weighted by Gasteiger charge is -2.15. The van der Waals surface area contributed by atoms with Crippen LogP contribution >= 0.6 is 0 Å². The van der Waals surface area contributed by atoms with Crippen molar-refractivity contribution in [2.75, 3.05) is 14.1 Å². The molecule has 138 valence electrons. The molecule has 0 saturated heterocycles. The van der Waals surface area contributed by atoms with Crippen LogP contribution in [0.3, 0.4) is 0 Å². The van der Waals surface area contributed by atoms with E-state index in [2.05, 4.69) is 5.32 Å². The predicted octanol–water partition coefficient (Wildman–Crippen LogP) is 2.50. The minimum Gasteiger partial charge on any atom is -0.352 e. The summed E-state index contributed by atoms with van der Waals surface area (Å²) in [6.45, 7) is 0.114. The first-order valence-electron chi connectivity index (χ1n) is 8.35. The number of benzene rings is 2. The zero-order chi connectivity index (χ0) is 18.9. The number of carbonyl (C=O) groups excluding carboxylic acids is 1. The van der Waals surface area contributed by atoms with Crippen LogP contribution in [-0.2, 0) is 21.4 Å². The zero-order valence-electron chi connectivity index (χ0n) is 14.6. The van der Waals surface area contributed by atoms with Crippen LogP contribution in [0.4, 0.5) is 4.39 Å². The van der Waals surface area contributed by atoms with E-state index in [1.807, 2.05) is 0 Å². The summed E-state index contributed by atoms with van der Waals surface area (Å²) in [5, 5.41) is 2.79. The van der Waals surface area contributed by atoms with Crippen molar-refractivity contribution in [1.82, 2.24) is 9.62 Å². The summed E-state index contributed by atoms with van der Waals surface area (Å²) in [6.07, 6.45) is 0.602. The van der Waals surface area contributed by atoms with Gasteiger partial charge in [-0.15, -0.1) is 0 Å². The Hall–Kier alpha value is -2.25. The first kappa shape index (κ1) is 18.5. The number of amides is 1. The van der Waals surface area contributed by atoms with E-state index >= 15 is 0 Å². The minimum atomic E-state index is -3.59. The molecule has 3 rings (SSSR count). The first-order valence-corrected chi connectivity index (χ1v) is 9.79. The van der Waals surface area contributed by atoms with E-state index in [0.717, 1.165) is 4.31 Å². The quantitative estimate of drug-likeness (QED) is 0.842. The highest BCUT2D eigenvalue weighted by Gasteiger charge is 2.45. The number of nitrogens with zero attached hydrogens (tertiary/aromatic N) is 1. The van der Waals surface area contributed by atoms with Crippen LogP contribution in [-0.4, -0.2) is 32.7 Å². The van der Waals surface area contributed by atoms with Gasteiger partial charge in [0, 0.05) is 26.6 Å². The summed E-state index contributed by atoms with van der Waals surface area (Å²) in [7, 11) is -0.655. The fraction of sp³-hybridized carbons (Fsp3) is 0.316. The smallest absolute Gasteiger partial charge is 0.242 e. The van der Waals surface area contributed by atoms with Crippen molar-refractivity contribution in [2.45, 2.75) is 23.8 Å². The molecular formula is C19H21FN2O3S. The standard InChI is InChI=1S/C19H21FN2O3S/c1-22(2)26(24,25)18-10-6-3-7-13(18)12-21-19(23)16-11-15(16)14-8-4-5-9-17(14)20/h3-10,15-16H,11-12H2,1-2H3,(H,21,23). The van der Waals surface area contributed by atoms with E-state index < -0.39 is 10.0 Å². The molecule has 26 heavy (non-hydrogen) atoms. The van der Waals surface area contributed by atoms with Crippen molar-refractivity contribution in [2.24, 2.45) is 5.92 Å². The Morgan fingerprint density at radius 2 is 1.81 bits per heavy atom. The maximum absolute atomic E-state index is 13.8. The van der Waals surface area contributed by atoms with Crippen molar-refractivity contribution in [3.05, 3.63) is 65.5 Å². The monoisotopic (exact) mass is 376 g/mol. The fourth-order valence-corrected chi connectivity index (χ4v) is 4.13. The van der Waals surface area contributed by atoms with Gasteiger partial charge in [0.1, 0.15) is 5.82 Å². The lowest BCUT2D eigenvalue weighted by Crippen LogP contribution is -2.28. The summed E-state index contributed by atoms with van der Waals surface area (Å²) in [5.41, 5.74) is 1.08. The van der Waals surface area contributed by atoms with Crippen LogP contribution in [0.5, 0.6) is 0 Å². The zero-order valence-corrected chi connectivity index (χ0v) is 15.5. The van der Waals surface area contributed by atoms with Crippen molar-refractivity contribution >= 4 is 15.9 Å². The second kappa shape index (κ2) is 7.17. The van der Waals surface area contributed by atoms with Gasteiger partial charge < -0.3 is 5.32 Å². The van der Waals surface area contributed by atoms with E-state index in [4.69, 9.17) is 0 Å². The molecule has 1 aliphatic rings. The molecule has 0 bridgehead atoms. The molecule has 0 spiro atoms. The summed E-state index contributed by atoms with van der Waals surface area (Å²) < 4.78 is 39.7. The van der Waals surface area contributed by atoms with E-state index in [1.54, 1.807) is 36.4 Å². The molecule has 1 amide bonds. The molecule has 0 aromatic heterocycles. The molecule has 1 fully saturated rings. The lowest BCUT2D eigenvalue weighted by molar-refractivity contribution is -0.122. The third-order valence-electron chi connectivity index (χ3n) is 4.62. The Balaban J connectivity index is 1.68. The molecule has 1 N–H and O–H groups in total. The highest BCUT2D eigenvalue weighted by molar-refractivity contribution is 7.89. The first-order chi connectivity index (χ1) is 12.3. The molecule has 2 aromatic carbocycles. The predicted molar refractivity (Wildman–Crippen MR) is 96.4 cm³/mol. The maximum atomic E-state index is 13.8. The van der Waals surface area contributed by atoms with Gasteiger partial charge in [0.25, 0.3) is 0 Å². The van der Waals surface area contributed by atoms with Crippen LogP contribution in [0, 0.1) is 11.7 Å². The fourth-order valence-electron chi connectivity index (χ4n) is 3.02. The second-order valence-electron chi connectivity index (χ2n) is 6.58. The second-order valence-corrected chi connectivity index (χ2v) is 8.70. The Morgan fingerprint density at radius 3 is 2.50 bits per heavy atom. The summed E-state index contributed by atoms with van der Waals surface area (Å²) in [6, 6.07) is 13.1. The molecule has 0 aliphatic heterocycles. The number of hydrogen-bond acceptors (Lipinski definition) is 3. The number of nitrogens with one attached hydrogen (secondary N) is 1. The maximum Gasteiger partial charge on any atom is 0.242 e. The molecule has 2 unspecified atom stereocenters. The van der Waals surface area contributed by atoms with Gasteiger partial charge in [-0.25, -0.2) is 17.1 Å². The van der Waals surface area contributed by atoms with Crippen LogP contribution in [0.2, 0.25) is 0 Å². The van der Waals surface area contributed by atoms with Crippen molar-refractivity contribution in [1.29, 1.82) is 0 Å². The average molecular weight is 376 g/mol. The number of sulfonamides is 1. The SMILES string of the molecule is CN(C)S(=O)(=O)c1ccccc1CNC(=O)C1CC1c1ccccc1F. The highest BCUT2D eigenvalue weighted by atomic mass is 32.2. The molecule has 0 heterocycles. The van der Waals surface area contributed by atoms with Crippen LogP contribution in [0.15, 0.2) is 53.4 Å². The van der Waals surface area contributed by atoms with Gasteiger partial charge in [-0.05, 0) is 35.6 Å². The van der Waals surface area contributed by atoms with Gasteiger partial charge in [-0.1, -0.05) is 36.4 Å². The Bertz CT molecular complexity index is 928. The van der Waals surface area contributed by atoms with Gasteiger partial charge in [0.15, 0.2) is 0 Å². The third-order valence-corrected chi connectivity index (χ3v) is 6.53. The molecule has 2 atom stereocenters. The van der Waals surface area contributed by atoms with Crippen LogP contribution in [0.25, 0.3) is 0 Å². The molecule has 0 radical (unpaired) electrons. The number of hydrogen-bond donors (Lipinski definition) is 1. The average Bonchev–Trinajstić information content (AvgIpc) is 3.40. The Morgan fingerprint density at radius 1 is 1.15 bits per heavy atom. The topological polar surface area (TPSA) is 66.5 Å². The minimum absolute atomic E-state index is 0.114. The molecular weight excluding hydrogens is 355 g/mol. The van der Waals surface area contributed by atoms with Crippen molar-refractivity contribution in [3.8, 4) is 0 Å². The molecule has 7 heteroatoms. The Labute approximate surface area is 152 Å². The van der Waals surface area contributed by atoms with Gasteiger partial charge >= 0.3 is 0 Å². The van der Waals surface area contributed by atoms with Gasteiger partial charge in [-0.3, -0.25) is 4.79 Å². The van der Waals surface area contributed by atoms with E-state index in [9.17, 15) is 17.6 Å². The molecule has 5 nitrogen and oxygen atoms in total. The van der Waals surface area contributed by atoms with Gasteiger partial charge in [-0.2, -0.15) is 0 Å². The van der Waals surface area contributed by atoms with Gasteiger partial charge in [0.05, 0.1) is 4.90 Å². The summed E-state index contributed by atoms with van der Waals surface area (Å²) >= 11 is 0. The molecule has 2 aromatic rings.